The summed E-state index contributed by atoms with van der Waals surface area (Å²) in [6, 6.07) is -0.0462. The van der Waals surface area contributed by atoms with Crippen LogP contribution < -0.4 is 17.3 Å². The molecule has 9 nitrogen and oxygen atoms in total. The van der Waals surface area contributed by atoms with Crippen LogP contribution in [0, 0.1) is 40.9 Å². The van der Waals surface area contributed by atoms with Gasteiger partial charge in [-0.15, -0.1) is 0 Å². The van der Waals surface area contributed by atoms with Gasteiger partial charge in [0, 0.05) is 47.3 Å². The second-order valence-corrected chi connectivity index (χ2v) is 14.4. The minimum absolute atomic E-state index is 0. The number of rotatable bonds is 0. The number of hydrogen-bond donors (Lipinski definition) is 8. The molecule has 3 saturated heterocycles. The van der Waals surface area contributed by atoms with E-state index < -0.39 is 76.1 Å². The molecule has 7 rings (SSSR count). The van der Waals surface area contributed by atoms with Crippen molar-refractivity contribution < 1.29 is 57.8 Å². The van der Waals surface area contributed by atoms with Crippen molar-refractivity contribution in [1.29, 1.82) is 0 Å². The second kappa shape index (κ2) is 7.81. The lowest BCUT2D eigenvalue weighted by Gasteiger charge is -2.61. The molecule has 0 radical (unpaired) electrons. The van der Waals surface area contributed by atoms with E-state index >= 15 is 0 Å². The lowest BCUT2D eigenvalue weighted by molar-refractivity contribution is -0.954. The Bertz CT molecular complexity index is 971. The smallest absolute Gasteiger partial charge is 0.196 e. The molecule has 7 fully saturated rings. The maximum atomic E-state index is 12.5. The minimum atomic E-state index is -1.84. The van der Waals surface area contributed by atoms with Crippen molar-refractivity contribution >= 4 is 0 Å². The first kappa shape index (κ1) is 27.1. The number of ether oxygens (including phenoxy) is 1. The Hall–Kier alpha value is -0.0700. The largest absolute Gasteiger partial charge is 1.00 e. The van der Waals surface area contributed by atoms with Crippen molar-refractivity contribution in [1.82, 2.24) is 0 Å². The monoisotopic (exact) mass is 545 g/mol. The van der Waals surface area contributed by atoms with Gasteiger partial charge in [0.2, 0.25) is 0 Å². The maximum absolute atomic E-state index is 12.5. The van der Waals surface area contributed by atoms with Crippen LogP contribution in [0.3, 0.4) is 0 Å². The zero-order valence-electron chi connectivity index (χ0n) is 21.9. The van der Waals surface area contributed by atoms with Crippen molar-refractivity contribution in [2.45, 2.75) is 112 Å². The molecule has 3 aliphatic heterocycles. The zero-order chi connectivity index (χ0) is 25.8. The van der Waals surface area contributed by atoms with Crippen LogP contribution in [0.2, 0.25) is 0 Å². The lowest BCUT2D eigenvalue weighted by Crippen LogP contribution is -3.22. The number of hydrogen-bond acceptors (Lipinski definition) is 8. The SMILES string of the molecule is C[C@H]1CC[C@@H]2[NH+](CC3C([C@@H](O)[C@H](O)[C@]4(O)C3C[C@@]35O[C@@]6(O)C(CC(O)C43)[C@]5(C)CC[C@@H]6O)C2(C)O)C1.[Cl-]. The molecule has 37 heavy (non-hydrogen) atoms. The standard InChI is InChI=1S/C27H43NO8.ClH/c1-12-4-5-17-24(3,33)19-13(11-28(17)10-12)14-9-25-21(26(14,34)22(32)20(19)31)15(29)8-16-23(25,2)7-6-18(30)27(16,35)36-25;/h12-22,29-35H,4-11H2,1-3H3;1H/t12-,13?,14?,15?,16?,17-,18-,19?,20+,21?,22-,23-,24?,25+,26-,27-;/m0./s1. The zero-order valence-corrected chi connectivity index (χ0v) is 22.7. The first-order valence-electron chi connectivity index (χ1n) is 14.2. The van der Waals surface area contributed by atoms with Crippen LogP contribution in [0.1, 0.15) is 59.3 Å². The first-order chi connectivity index (χ1) is 16.7. The van der Waals surface area contributed by atoms with Gasteiger partial charge in [0.25, 0.3) is 0 Å². The highest BCUT2D eigenvalue weighted by Crippen LogP contribution is 2.76. The lowest BCUT2D eigenvalue weighted by atomic mass is 9.49. The van der Waals surface area contributed by atoms with Crippen molar-refractivity contribution in [2.75, 3.05) is 13.1 Å². The molecule has 212 valence electrons. The predicted molar refractivity (Wildman–Crippen MR) is 125 cm³/mol. The second-order valence-electron chi connectivity index (χ2n) is 14.4. The van der Waals surface area contributed by atoms with Gasteiger partial charge in [-0.25, -0.2) is 0 Å². The van der Waals surface area contributed by atoms with Crippen LogP contribution in [-0.2, 0) is 4.74 Å². The first-order valence-corrected chi connectivity index (χ1v) is 14.2. The number of nitrogens with one attached hydrogen (secondary N) is 1. The van der Waals surface area contributed by atoms with E-state index in [9.17, 15) is 35.7 Å². The molecule has 0 amide bonds. The minimum Gasteiger partial charge on any atom is -1.00 e. The fourth-order valence-corrected chi connectivity index (χ4v) is 11.6. The van der Waals surface area contributed by atoms with Crippen molar-refractivity contribution in [3.63, 3.8) is 0 Å². The third-order valence-corrected chi connectivity index (χ3v) is 13.0. The summed E-state index contributed by atoms with van der Waals surface area (Å²) in [4.78, 5) is 1.28. The van der Waals surface area contributed by atoms with Gasteiger partial charge in [0.05, 0.1) is 30.9 Å². The van der Waals surface area contributed by atoms with Gasteiger partial charge in [-0.3, -0.25) is 0 Å². The van der Waals surface area contributed by atoms with Gasteiger partial charge < -0.3 is 57.8 Å². The highest BCUT2D eigenvalue weighted by Gasteiger charge is 2.86. The Kier molecular flexibility index (Phi) is 5.72. The summed E-state index contributed by atoms with van der Waals surface area (Å²) < 4.78 is 6.51. The van der Waals surface area contributed by atoms with Gasteiger partial charge in [-0.05, 0) is 39.0 Å². The van der Waals surface area contributed by atoms with Crippen LogP contribution in [-0.4, -0.2) is 102 Å². The average molecular weight is 546 g/mol. The van der Waals surface area contributed by atoms with E-state index in [0.29, 0.717) is 31.7 Å². The molecule has 0 aromatic carbocycles. The Morgan fingerprint density at radius 1 is 0.946 bits per heavy atom. The fraction of sp³-hybridized carbons (Fsp3) is 1.00. The predicted octanol–water partition coefficient (Wildman–Crippen LogP) is -5.23. The molecule has 1 spiro atoms. The Morgan fingerprint density at radius 2 is 1.65 bits per heavy atom. The molecule has 4 aliphatic carbocycles. The van der Waals surface area contributed by atoms with Gasteiger partial charge in [-0.2, -0.15) is 0 Å². The van der Waals surface area contributed by atoms with Crippen LogP contribution in [0.5, 0.6) is 0 Å². The molecule has 7 aliphatic rings. The molecule has 4 bridgehead atoms. The fourth-order valence-electron chi connectivity index (χ4n) is 11.6. The van der Waals surface area contributed by atoms with Gasteiger partial charge in [0.15, 0.2) is 5.79 Å². The number of quaternary nitrogens is 1. The summed E-state index contributed by atoms with van der Waals surface area (Å²) in [7, 11) is 0. The van der Waals surface area contributed by atoms with Crippen LogP contribution in [0.15, 0.2) is 0 Å². The third kappa shape index (κ3) is 2.83. The van der Waals surface area contributed by atoms with E-state index in [1.807, 2.05) is 6.92 Å². The van der Waals surface area contributed by atoms with Crippen molar-refractivity contribution in [3.8, 4) is 0 Å². The molecule has 8 unspecified atom stereocenters. The number of piperidine rings is 2. The van der Waals surface area contributed by atoms with E-state index in [1.165, 1.54) is 4.90 Å². The summed E-state index contributed by atoms with van der Waals surface area (Å²) in [5.41, 5.74) is -4.82. The number of halogens is 1. The molecular formula is C27H44ClNO8. The van der Waals surface area contributed by atoms with E-state index in [4.69, 9.17) is 4.74 Å². The summed E-state index contributed by atoms with van der Waals surface area (Å²) in [6.07, 6.45) is -1.81. The van der Waals surface area contributed by atoms with Crippen LogP contribution in [0.25, 0.3) is 0 Å². The number of aliphatic hydroxyl groups is 7. The van der Waals surface area contributed by atoms with E-state index in [0.717, 1.165) is 19.4 Å². The topological polar surface area (TPSA) is 155 Å². The van der Waals surface area contributed by atoms with Crippen molar-refractivity contribution in [2.24, 2.45) is 40.9 Å². The summed E-state index contributed by atoms with van der Waals surface area (Å²) in [5, 5.41) is 81.5. The van der Waals surface area contributed by atoms with E-state index in [1.54, 1.807) is 6.92 Å². The van der Waals surface area contributed by atoms with Crippen LogP contribution in [0.4, 0.5) is 0 Å². The van der Waals surface area contributed by atoms with Gasteiger partial charge in [-0.1, -0.05) is 13.8 Å². The molecule has 10 heteroatoms. The molecule has 3 heterocycles. The summed E-state index contributed by atoms with van der Waals surface area (Å²) in [5.74, 6) is -4.15. The molecule has 8 N–H and O–H groups in total. The van der Waals surface area contributed by atoms with Crippen LogP contribution >= 0.6 is 0 Å². The van der Waals surface area contributed by atoms with Gasteiger partial charge in [0.1, 0.15) is 29.5 Å². The molecule has 4 saturated carbocycles. The highest BCUT2D eigenvalue weighted by atomic mass is 35.5. The number of aliphatic hydroxyl groups excluding tert-OH is 4. The molecule has 17 atom stereocenters. The van der Waals surface area contributed by atoms with Gasteiger partial charge >= 0.3 is 0 Å². The van der Waals surface area contributed by atoms with E-state index in [-0.39, 0.29) is 30.8 Å². The quantitative estimate of drug-likeness (QED) is 0.150. The molecule has 0 aromatic heterocycles. The number of fused-ring (bicyclic) bond motifs is 5. The normalized spacial score (nSPS) is 67.6. The highest BCUT2D eigenvalue weighted by molar-refractivity contribution is 5.32. The van der Waals surface area contributed by atoms with Crippen molar-refractivity contribution in [3.05, 3.63) is 0 Å². The third-order valence-electron chi connectivity index (χ3n) is 13.0. The Labute approximate surface area is 224 Å². The Balaban J connectivity index is 0.00000252. The summed E-state index contributed by atoms with van der Waals surface area (Å²) >= 11 is 0. The maximum Gasteiger partial charge on any atom is 0.196 e. The molecule has 0 aromatic rings. The van der Waals surface area contributed by atoms with E-state index in [2.05, 4.69) is 6.92 Å². The molecular weight excluding hydrogens is 502 g/mol. The average Bonchev–Trinajstić information content (AvgIpc) is 3.08. The summed E-state index contributed by atoms with van der Waals surface area (Å²) in [6.45, 7) is 7.62. The Morgan fingerprint density at radius 3 is 2.35 bits per heavy atom.